The summed E-state index contributed by atoms with van der Waals surface area (Å²) in [7, 11) is 0. The van der Waals surface area contributed by atoms with Gasteiger partial charge < -0.3 is 9.30 Å². The lowest BCUT2D eigenvalue weighted by Gasteiger charge is -2.19. The quantitative estimate of drug-likeness (QED) is 0.662. The lowest BCUT2D eigenvalue weighted by molar-refractivity contribution is 0.0255. The molecule has 0 spiro atoms. The van der Waals surface area contributed by atoms with Crippen molar-refractivity contribution < 1.29 is 9.53 Å². The molecule has 0 N–H and O–H groups in total. The van der Waals surface area contributed by atoms with Crippen molar-refractivity contribution in [3.05, 3.63) is 89.5 Å². The molecule has 1 atom stereocenters. The summed E-state index contributed by atoms with van der Waals surface area (Å²) in [5.41, 5.74) is 1.41. The van der Waals surface area contributed by atoms with Gasteiger partial charge in [0.2, 0.25) is 0 Å². The molecule has 0 aliphatic carbocycles. The highest BCUT2D eigenvalue weighted by Crippen LogP contribution is 2.23. The molecule has 3 aromatic rings. The SMILES string of the molecule is O=C(OC(Cn1ccnc1)c1ccc(Cl)cc1)c1ccccc1. The van der Waals surface area contributed by atoms with Crippen molar-refractivity contribution in [2.75, 3.05) is 0 Å². The number of halogens is 1. The molecule has 0 saturated carbocycles. The second-order valence-corrected chi connectivity index (χ2v) is 5.51. The van der Waals surface area contributed by atoms with E-state index in [1.54, 1.807) is 36.8 Å². The van der Waals surface area contributed by atoms with E-state index in [4.69, 9.17) is 16.3 Å². The summed E-state index contributed by atoms with van der Waals surface area (Å²) >= 11 is 5.94. The van der Waals surface area contributed by atoms with Crippen molar-refractivity contribution in [1.29, 1.82) is 0 Å². The van der Waals surface area contributed by atoms with Crippen molar-refractivity contribution in [3.63, 3.8) is 0 Å². The van der Waals surface area contributed by atoms with Gasteiger partial charge in [-0.05, 0) is 29.8 Å². The highest BCUT2D eigenvalue weighted by molar-refractivity contribution is 6.30. The zero-order chi connectivity index (χ0) is 16.1. The van der Waals surface area contributed by atoms with E-state index in [1.165, 1.54) is 0 Å². The Morgan fingerprint density at radius 2 is 1.87 bits per heavy atom. The third-order valence-electron chi connectivity index (χ3n) is 3.44. The topological polar surface area (TPSA) is 44.1 Å². The second kappa shape index (κ2) is 7.11. The van der Waals surface area contributed by atoms with Crippen molar-refractivity contribution in [2.45, 2.75) is 12.6 Å². The first-order valence-electron chi connectivity index (χ1n) is 7.19. The fourth-order valence-electron chi connectivity index (χ4n) is 2.25. The van der Waals surface area contributed by atoms with Crippen LogP contribution in [0.4, 0.5) is 0 Å². The van der Waals surface area contributed by atoms with Gasteiger partial charge in [-0.2, -0.15) is 0 Å². The van der Waals surface area contributed by atoms with E-state index in [2.05, 4.69) is 4.98 Å². The van der Waals surface area contributed by atoms with E-state index >= 15 is 0 Å². The van der Waals surface area contributed by atoms with Gasteiger partial charge >= 0.3 is 5.97 Å². The average molecular weight is 327 g/mol. The van der Waals surface area contributed by atoms with Crippen molar-refractivity contribution in [1.82, 2.24) is 9.55 Å². The largest absolute Gasteiger partial charge is 0.452 e. The lowest BCUT2D eigenvalue weighted by atomic mass is 10.1. The van der Waals surface area contributed by atoms with Crippen LogP contribution in [-0.4, -0.2) is 15.5 Å². The van der Waals surface area contributed by atoms with Gasteiger partial charge in [0.25, 0.3) is 0 Å². The fourth-order valence-corrected chi connectivity index (χ4v) is 2.37. The molecule has 0 aliphatic heterocycles. The number of ether oxygens (including phenoxy) is 1. The highest BCUT2D eigenvalue weighted by Gasteiger charge is 2.18. The summed E-state index contributed by atoms with van der Waals surface area (Å²) in [5.74, 6) is -0.356. The van der Waals surface area contributed by atoms with Crippen LogP contribution in [-0.2, 0) is 11.3 Å². The van der Waals surface area contributed by atoms with Crippen LogP contribution in [0.2, 0.25) is 5.02 Å². The Kier molecular flexibility index (Phi) is 4.74. The van der Waals surface area contributed by atoms with Gasteiger partial charge in [0.1, 0.15) is 6.10 Å². The molecule has 0 aliphatic rings. The predicted molar refractivity (Wildman–Crippen MR) is 88.3 cm³/mol. The molecule has 0 radical (unpaired) electrons. The maximum atomic E-state index is 12.4. The van der Waals surface area contributed by atoms with Gasteiger partial charge in [0.15, 0.2) is 0 Å². The number of nitrogens with zero attached hydrogens (tertiary/aromatic N) is 2. The Balaban J connectivity index is 1.82. The van der Waals surface area contributed by atoms with Crippen LogP contribution in [0.1, 0.15) is 22.0 Å². The number of hydrogen-bond donors (Lipinski definition) is 0. The molecular weight excluding hydrogens is 312 g/mol. The monoisotopic (exact) mass is 326 g/mol. The van der Waals surface area contributed by atoms with Crippen molar-refractivity contribution in [2.24, 2.45) is 0 Å². The number of imidazole rings is 1. The Morgan fingerprint density at radius 3 is 2.52 bits per heavy atom. The normalized spacial score (nSPS) is 11.9. The van der Waals surface area contributed by atoms with Gasteiger partial charge in [-0.25, -0.2) is 9.78 Å². The van der Waals surface area contributed by atoms with E-state index < -0.39 is 6.10 Å². The number of carbonyl (C=O) groups is 1. The summed E-state index contributed by atoms with van der Waals surface area (Å²) in [6.45, 7) is 0.486. The maximum absolute atomic E-state index is 12.4. The molecule has 2 aromatic carbocycles. The zero-order valence-electron chi connectivity index (χ0n) is 12.3. The number of benzene rings is 2. The van der Waals surface area contributed by atoms with Gasteiger partial charge in [-0.15, -0.1) is 0 Å². The van der Waals surface area contributed by atoms with Crippen LogP contribution in [0.25, 0.3) is 0 Å². The molecule has 0 amide bonds. The van der Waals surface area contributed by atoms with Gasteiger partial charge in [-0.3, -0.25) is 0 Å². The van der Waals surface area contributed by atoms with Crippen LogP contribution in [0.5, 0.6) is 0 Å². The highest BCUT2D eigenvalue weighted by atomic mass is 35.5. The molecule has 23 heavy (non-hydrogen) atoms. The van der Waals surface area contributed by atoms with Gasteiger partial charge in [0, 0.05) is 17.4 Å². The summed E-state index contributed by atoms with van der Waals surface area (Å²) in [5, 5.41) is 0.643. The van der Waals surface area contributed by atoms with Crippen LogP contribution >= 0.6 is 11.6 Å². The Bertz CT molecular complexity index is 755. The van der Waals surface area contributed by atoms with Crippen LogP contribution in [0.3, 0.4) is 0 Å². The zero-order valence-corrected chi connectivity index (χ0v) is 13.1. The van der Waals surface area contributed by atoms with Crippen LogP contribution in [0, 0.1) is 0 Å². The van der Waals surface area contributed by atoms with E-state index in [1.807, 2.05) is 41.1 Å². The van der Waals surface area contributed by atoms with E-state index in [0.717, 1.165) is 5.56 Å². The molecule has 1 aromatic heterocycles. The molecular formula is C18H15ClN2O2. The minimum Gasteiger partial charge on any atom is -0.452 e. The molecule has 1 heterocycles. The molecule has 1 unspecified atom stereocenters. The second-order valence-electron chi connectivity index (χ2n) is 5.07. The number of rotatable bonds is 5. The first-order valence-corrected chi connectivity index (χ1v) is 7.57. The minimum absolute atomic E-state index is 0.356. The van der Waals surface area contributed by atoms with Crippen molar-refractivity contribution in [3.8, 4) is 0 Å². The van der Waals surface area contributed by atoms with E-state index in [9.17, 15) is 4.79 Å². The first kappa shape index (κ1) is 15.3. The number of aromatic nitrogens is 2. The summed E-state index contributed by atoms with van der Waals surface area (Å²) < 4.78 is 7.58. The van der Waals surface area contributed by atoms with E-state index in [0.29, 0.717) is 17.1 Å². The number of hydrogen-bond acceptors (Lipinski definition) is 3. The summed E-state index contributed by atoms with van der Waals surface area (Å²) in [6, 6.07) is 16.2. The lowest BCUT2D eigenvalue weighted by Crippen LogP contribution is -2.16. The number of carbonyl (C=O) groups excluding carboxylic acids is 1. The average Bonchev–Trinajstić information content (AvgIpc) is 3.09. The first-order chi connectivity index (χ1) is 11.2. The smallest absolute Gasteiger partial charge is 0.338 e. The van der Waals surface area contributed by atoms with Gasteiger partial charge in [0.05, 0.1) is 18.4 Å². The molecule has 4 nitrogen and oxygen atoms in total. The third-order valence-corrected chi connectivity index (χ3v) is 3.69. The Hall–Kier alpha value is -2.59. The maximum Gasteiger partial charge on any atom is 0.338 e. The minimum atomic E-state index is -0.422. The summed E-state index contributed by atoms with van der Waals surface area (Å²) in [6.07, 6.45) is 4.80. The molecule has 116 valence electrons. The standard InChI is InChI=1S/C18H15ClN2O2/c19-16-8-6-14(7-9-16)17(12-21-11-10-20-13-21)23-18(22)15-4-2-1-3-5-15/h1-11,13,17H,12H2. The number of esters is 1. The molecule has 3 rings (SSSR count). The van der Waals surface area contributed by atoms with Crippen LogP contribution in [0.15, 0.2) is 73.3 Å². The Labute approximate surface area is 139 Å². The molecule has 0 fully saturated rings. The van der Waals surface area contributed by atoms with Crippen molar-refractivity contribution >= 4 is 17.6 Å². The predicted octanol–water partition coefficient (Wildman–Crippen LogP) is 4.13. The third kappa shape index (κ3) is 3.99. The molecule has 5 heteroatoms. The Morgan fingerprint density at radius 1 is 1.13 bits per heavy atom. The summed E-state index contributed by atoms with van der Waals surface area (Å²) in [4.78, 5) is 16.4. The molecule has 0 bridgehead atoms. The fraction of sp³-hybridized carbons (Fsp3) is 0.111. The van der Waals surface area contributed by atoms with Crippen LogP contribution < -0.4 is 0 Å². The van der Waals surface area contributed by atoms with E-state index in [-0.39, 0.29) is 5.97 Å². The van der Waals surface area contributed by atoms with Gasteiger partial charge in [-0.1, -0.05) is 41.9 Å². The molecule has 0 saturated heterocycles.